The van der Waals surface area contributed by atoms with Gasteiger partial charge in [-0.3, -0.25) is 0 Å². The van der Waals surface area contributed by atoms with Crippen LogP contribution in [0, 0.1) is 18.8 Å². The number of nitrogens with zero attached hydrogens (tertiary/aromatic N) is 2. The highest BCUT2D eigenvalue weighted by Crippen LogP contribution is 2.65. The van der Waals surface area contributed by atoms with E-state index in [1.165, 1.54) is 74.0 Å². The predicted octanol–water partition coefficient (Wildman–Crippen LogP) is 7.53. The molecule has 0 aromatic heterocycles. The molecular formula is C29H36N2. The average molecular weight is 413 g/mol. The molecule has 0 bridgehead atoms. The predicted molar refractivity (Wildman–Crippen MR) is 130 cm³/mol. The molecule has 0 saturated heterocycles. The van der Waals surface area contributed by atoms with Gasteiger partial charge >= 0.3 is 0 Å². The van der Waals surface area contributed by atoms with Gasteiger partial charge in [-0.1, -0.05) is 62.1 Å². The molecule has 31 heavy (non-hydrogen) atoms. The Balaban J connectivity index is 1.62. The highest BCUT2D eigenvalue weighted by atomic mass is 15.4. The molecule has 0 N–H and O–H groups in total. The van der Waals surface area contributed by atoms with Crippen LogP contribution < -0.4 is 9.80 Å². The lowest BCUT2D eigenvalue weighted by Crippen LogP contribution is -2.43. The van der Waals surface area contributed by atoms with Gasteiger partial charge in [-0.25, -0.2) is 0 Å². The van der Waals surface area contributed by atoms with E-state index in [0.29, 0.717) is 6.17 Å². The van der Waals surface area contributed by atoms with Crippen LogP contribution in [0.3, 0.4) is 0 Å². The minimum atomic E-state index is 0.208. The topological polar surface area (TPSA) is 6.48 Å². The molecule has 0 radical (unpaired) electrons. The van der Waals surface area contributed by atoms with Crippen LogP contribution in [0.5, 0.6) is 0 Å². The molecule has 2 aromatic rings. The maximum Gasteiger partial charge on any atom is 0.108 e. The van der Waals surface area contributed by atoms with Crippen molar-refractivity contribution in [2.24, 2.45) is 11.8 Å². The first kappa shape index (κ1) is 19.5. The zero-order chi connectivity index (χ0) is 21.2. The Morgan fingerprint density at radius 1 is 0.710 bits per heavy atom. The fourth-order valence-electron chi connectivity index (χ4n) is 7.99. The van der Waals surface area contributed by atoms with E-state index in [-0.39, 0.29) is 5.41 Å². The van der Waals surface area contributed by atoms with Gasteiger partial charge < -0.3 is 9.80 Å². The summed E-state index contributed by atoms with van der Waals surface area (Å²) >= 11 is 0. The molecule has 6 rings (SSSR count). The number of allylic oxidation sites excluding steroid dienone is 2. The summed E-state index contributed by atoms with van der Waals surface area (Å²) in [6, 6.07) is 18.4. The molecule has 2 saturated carbocycles. The summed E-state index contributed by atoms with van der Waals surface area (Å²) in [5.74, 6) is 1.58. The van der Waals surface area contributed by atoms with Crippen molar-refractivity contribution in [2.45, 2.75) is 83.7 Å². The van der Waals surface area contributed by atoms with Crippen LogP contribution in [-0.4, -0.2) is 6.17 Å². The van der Waals surface area contributed by atoms with Gasteiger partial charge in [0, 0.05) is 22.5 Å². The van der Waals surface area contributed by atoms with Gasteiger partial charge in [0.25, 0.3) is 0 Å². The number of fused-ring (bicyclic) bond motifs is 3. The Labute approximate surface area is 187 Å². The fraction of sp³-hybridized carbons (Fsp3) is 0.517. The van der Waals surface area contributed by atoms with Crippen molar-refractivity contribution in [3.05, 3.63) is 71.1 Å². The summed E-state index contributed by atoms with van der Waals surface area (Å²) in [4.78, 5) is 5.38. The number of hydrogen-bond acceptors (Lipinski definition) is 2. The standard InChI is InChI=1S/C29H36N2/c1-20-12-4-10-18-26(20)30-21(2)28-29(23-13-5-6-14-23,24-15-7-8-16-24)25-17-9-11-19-27(25)31(28)22(30)3/h4,9-12,17-19,22-24H,5-8,13-16H2,1-3H3. The molecule has 162 valence electrons. The maximum atomic E-state index is 2.74. The first-order valence-corrected chi connectivity index (χ1v) is 12.6. The number of rotatable bonds is 3. The zero-order valence-corrected chi connectivity index (χ0v) is 19.4. The Kier molecular flexibility index (Phi) is 4.49. The Morgan fingerprint density at radius 3 is 1.87 bits per heavy atom. The van der Waals surface area contributed by atoms with E-state index in [1.54, 1.807) is 11.3 Å². The van der Waals surface area contributed by atoms with Crippen molar-refractivity contribution in [1.82, 2.24) is 0 Å². The van der Waals surface area contributed by atoms with E-state index in [4.69, 9.17) is 0 Å². The molecule has 2 aliphatic carbocycles. The number of benzene rings is 2. The normalized spacial score (nSPS) is 25.6. The summed E-state index contributed by atoms with van der Waals surface area (Å²) < 4.78 is 0. The minimum Gasteiger partial charge on any atom is -0.322 e. The van der Waals surface area contributed by atoms with Crippen LogP contribution in [0.1, 0.15) is 76.3 Å². The molecular weight excluding hydrogens is 376 g/mol. The van der Waals surface area contributed by atoms with Crippen molar-refractivity contribution in [1.29, 1.82) is 0 Å². The SMILES string of the molecule is CC1=C2N(c3ccccc3C2(C2CCCC2)C2CCCC2)C(C)N1c1ccccc1C. The third-order valence-electron chi connectivity index (χ3n) is 9.07. The van der Waals surface area contributed by atoms with E-state index in [2.05, 4.69) is 79.1 Å². The molecule has 0 spiro atoms. The molecule has 4 aliphatic rings. The Hall–Kier alpha value is -2.22. The third kappa shape index (κ3) is 2.51. The molecule has 1 unspecified atom stereocenters. The summed E-state index contributed by atoms with van der Waals surface area (Å²) in [7, 11) is 0. The molecule has 2 fully saturated rings. The Bertz CT molecular complexity index is 1010. The van der Waals surface area contributed by atoms with Gasteiger partial charge in [-0.15, -0.1) is 0 Å². The van der Waals surface area contributed by atoms with Gasteiger partial charge in [0.15, 0.2) is 0 Å². The average Bonchev–Trinajstić information content (AvgIpc) is 3.56. The third-order valence-corrected chi connectivity index (χ3v) is 9.07. The van der Waals surface area contributed by atoms with Gasteiger partial charge in [0.1, 0.15) is 6.17 Å². The number of aryl methyl sites for hydroxylation is 1. The maximum absolute atomic E-state index is 2.74. The van der Waals surface area contributed by atoms with Crippen LogP contribution in [0.15, 0.2) is 59.9 Å². The van der Waals surface area contributed by atoms with Gasteiger partial charge in [-0.05, 0) is 81.5 Å². The second-order valence-corrected chi connectivity index (χ2v) is 10.4. The summed E-state index contributed by atoms with van der Waals surface area (Å²) in [6.45, 7) is 7.10. The summed E-state index contributed by atoms with van der Waals surface area (Å²) in [6.07, 6.45) is 11.5. The second-order valence-electron chi connectivity index (χ2n) is 10.4. The van der Waals surface area contributed by atoms with Gasteiger partial charge in [-0.2, -0.15) is 0 Å². The highest BCUT2D eigenvalue weighted by Gasteiger charge is 2.61. The molecule has 2 nitrogen and oxygen atoms in total. The van der Waals surface area contributed by atoms with E-state index >= 15 is 0 Å². The lowest BCUT2D eigenvalue weighted by atomic mass is 9.60. The molecule has 2 aromatic carbocycles. The first-order chi connectivity index (χ1) is 15.2. The van der Waals surface area contributed by atoms with Crippen LogP contribution in [-0.2, 0) is 5.41 Å². The largest absolute Gasteiger partial charge is 0.322 e. The molecule has 0 amide bonds. The second kappa shape index (κ2) is 7.15. The summed E-state index contributed by atoms with van der Waals surface area (Å²) in [5.41, 5.74) is 9.24. The van der Waals surface area contributed by atoms with E-state index in [1.807, 2.05) is 0 Å². The van der Waals surface area contributed by atoms with Crippen molar-refractivity contribution in [2.75, 3.05) is 9.80 Å². The highest BCUT2D eigenvalue weighted by molar-refractivity contribution is 5.79. The first-order valence-electron chi connectivity index (χ1n) is 12.6. The van der Waals surface area contributed by atoms with Crippen molar-refractivity contribution >= 4 is 11.4 Å². The zero-order valence-electron chi connectivity index (χ0n) is 19.4. The van der Waals surface area contributed by atoms with Crippen molar-refractivity contribution < 1.29 is 0 Å². The molecule has 2 heterocycles. The molecule has 1 atom stereocenters. The lowest BCUT2D eigenvalue weighted by molar-refractivity contribution is 0.217. The fourth-order valence-corrected chi connectivity index (χ4v) is 7.99. The molecule has 2 heteroatoms. The van der Waals surface area contributed by atoms with E-state index < -0.39 is 0 Å². The van der Waals surface area contributed by atoms with Crippen LogP contribution >= 0.6 is 0 Å². The van der Waals surface area contributed by atoms with Crippen molar-refractivity contribution in [3.63, 3.8) is 0 Å². The quantitative estimate of drug-likeness (QED) is 0.514. The van der Waals surface area contributed by atoms with Crippen molar-refractivity contribution in [3.8, 4) is 0 Å². The minimum absolute atomic E-state index is 0.208. The van der Waals surface area contributed by atoms with Crippen LogP contribution in [0.25, 0.3) is 0 Å². The lowest BCUT2D eigenvalue weighted by Gasteiger charge is -2.43. The van der Waals surface area contributed by atoms with Gasteiger partial charge in [0.2, 0.25) is 0 Å². The Morgan fingerprint density at radius 2 is 1.26 bits per heavy atom. The number of para-hydroxylation sites is 2. The summed E-state index contributed by atoms with van der Waals surface area (Å²) in [5, 5.41) is 0. The van der Waals surface area contributed by atoms with Gasteiger partial charge in [0.05, 0.1) is 5.70 Å². The van der Waals surface area contributed by atoms with Crippen LogP contribution in [0.2, 0.25) is 0 Å². The number of hydrogen-bond donors (Lipinski definition) is 0. The number of anilines is 2. The monoisotopic (exact) mass is 412 g/mol. The van der Waals surface area contributed by atoms with E-state index in [9.17, 15) is 0 Å². The van der Waals surface area contributed by atoms with E-state index in [0.717, 1.165) is 11.8 Å². The smallest absolute Gasteiger partial charge is 0.108 e. The van der Waals surface area contributed by atoms with Crippen LogP contribution in [0.4, 0.5) is 11.4 Å². The molecule has 2 aliphatic heterocycles.